The number of carbonyl (C=O) groups is 1. The summed E-state index contributed by atoms with van der Waals surface area (Å²) in [4.78, 5) is 11.7. The van der Waals surface area contributed by atoms with Crippen LogP contribution in [-0.4, -0.2) is 36.8 Å². The van der Waals surface area contributed by atoms with Crippen LogP contribution >= 0.6 is 0 Å². The van der Waals surface area contributed by atoms with Crippen molar-refractivity contribution in [2.75, 3.05) is 20.3 Å². The minimum atomic E-state index is -0.0479. The zero-order valence-electron chi connectivity index (χ0n) is 12.2. The third-order valence-electron chi connectivity index (χ3n) is 3.61. The summed E-state index contributed by atoms with van der Waals surface area (Å²) in [6, 6.07) is 8.26. The highest BCUT2D eigenvalue weighted by atomic mass is 16.5. The Balaban J connectivity index is 1.69. The van der Waals surface area contributed by atoms with Gasteiger partial charge in [0.1, 0.15) is 5.75 Å². The number of hydrogen-bond donors (Lipinski definition) is 1. The molecule has 1 saturated carbocycles. The van der Waals surface area contributed by atoms with Crippen molar-refractivity contribution in [3.8, 4) is 5.75 Å². The molecule has 0 aliphatic heterocycles. The highest BCUT2D eigenvalue weighted by molar-refractivity contribution is 5.87. The summed E-state index contributed by atoms with van der Waals surface area (Å²) >= 11 is 0. The minimum absolute atomic E-state index is 0.0479. The number of aromatic nitrogens is 1. The van der Waals surface area contributed by atoms with Gasteiger partial charge >= 0.3 is 0 Å². The van der Waals surface area contributed by atoms with E-state index in [1.807, 2.05) is 30.5 Å². The summed E-state index contributed by atoms with van der Waals surface area (Å²) in [5, 5.41) is 3.94. The average molecular weight is 288 g/mol. The molecule has 0 atom stereocenters. The molecule has 1 N–H and O–H groups in total. The van der Waals surface area contributed by atoms with E-state index >= 15 is 0 Å². The van der Waals surface area contributed by atoms with Crippen LogP contribution in [0.15, 0.2) is 30.5 Å². The van der Waals surface area contributed by atoms with Crippen molar-refractivity contribution < 1.29 is 14.3 Å². The third kappa shape index (κ3) is 3.36. The predicted molar refractivity (Wildman–Crippen MR) is 80.5 cm³/mol. The van der Waals surface area contributed by atoms with Crippen molar-refractivity contribution in [1.82, 2.24) is 9.88 Å². The maximum absolute atomic E-state index is 11.7. The van der Waals surface area contributed by atoms with Crippen LogP contribution in [0.4, 0.5) is 0 Å². The number of amides is 1. The Morgan fingerprint density at radius 2 is 2.24 bits per heavy atom. The van der Waals surface area contributed by atoms with E-state index in [1.165, 1.54) is 0 Å². The molecular formula is C16H20N2O3. The number of hydrogen-bond acceptors (Lipinski definition) is 3. The number of carbonyl (C=O) groups excluding carboxylic acids is 1. The molecule has 1 amide bonds. The van der Waals surface area contributed by atoms with Crippen molar-refractivity contribution >= 4 is 16.8 Å². The Morgan fingerprint density at radius 3 is 3.00 bits per heavy atom. The highest BCUT2D eigenvalue weighted by Gasteiger charge is 2.23. The van der Waals surface area contributed by atoms with Gasteiger partial charge < -0.3 is 19.4 Å². The second-order valence-electron chi connectivity index (χ2n) is 5.32. The second-order valence-corrected chi connectivity index (χ2v) is 5.32. The van der Waals surface area contributed by atoms with E-state index in [0.29, 0.717) is 12.6 Å². The molecule has 1 aliphatic carbocycles. The van der Waals surface area contributed by atoms with Crippen LogP contribution in [0, 0.1) is 0 Å². The Kier molecular flexibility index (Phi) is 4.10. The number of methoxy groups -OCH3 is 1. The number of fused-ring (bicyclic) bond motifs is 1. The first-order valence-electron chi connectivity index (χ1n) is 7.27. The van der Waals surface area contributed by atoms with Gasteiger partial charge in [-0.2, -0.15) is 0 Å². The van der Waals surface area contributed by atoms with Crippen molar-refractivity contribution in [1.29, 1.82) is 0 Å². The fourth-order valence-electron chi connectivity index (χ4n) is 2.35. The zero-order valence-corrected chi connectivity index (χ0v) is 12.2. The largest absolute Gasteiger partial charge is 0.483 e. The lowest BCUT2D eigenvalue weighted by molar-refractivity contribution is -0.123. The summed E-state index contributed by atoms with van der Waals surface area (Å²) in [5.74, 6) is 0.697. The van der Waals surface area contributed by atoms with Crippen LogP contribution in [0.25, 0.3) is 10.9 Å². The van der Waals surface area contributed by atoms with Crippen LogP contribution in [0.2, 0.25) is 0 Å². The first-order valence-corrected chi connectivity index (χ1v) is 7.27. The first-order chi connectivity index (χ1) is 10.3. The predicted octanol–water partition coefficient (Wildman–Crippen LogP) is 1.95. The molecule has 3 rings (SSSR count). The van der Waals surface area contributed by atoms with Crippen LogP contribution < -0.4 is 10.1 Å². The smallest absolute Gasteiger partial charge is 0.258 e. The van der Waals surface area contributed by atoms with Crippen molar-refractivity contribution in [3.63, 3.8) is 0 Å². The van der Waals surface area contributed by atoms with E-state index in [1.54, 1.807) is 7.11 Å². The number of benzene rings is 1. The van der Waals surface area contributed by atoms with Gasteiger partial charge in [-0.3, -0.25) is 4.79 Å². The summed E-state index contributed by atoms with van der Waals surface area (Å²) in [6.45, 7) is 1.53. The highest BCUT2D eigenvalue weighted by Crippen LogP contribution is 2.26. The Labute approximate surface area is 123 Å². The van der Waals surface area contributed by atoms with Gasteiger partial charge in [0.2, 0.25) is 0 Å². The monoisotopic (exact) mass is 288 g/mol. The lowest BCUT2D eigenvalue weighted by atomic mass is 10.2. The molecule has 0 bridgehead atoms. The molecule has 1 aliphatic rings. The Bertz CT molecular complexity index is 631. The second kappa shape index (κ2) is 6.18. The summed E-state index contributed by atoms with van der Waals surface area (Å²) < 4.78 is 12.9. The molecule has 5 nitrogen and oxygen atoms in total. The van der Waals surface area contributed by atoms with Crippen LogP contribution in [-0.2, 0) is 16.1 Å². The van der Waals surface area contributed by atoms with Gasteiger partial charge in [-0.05, 0) is 31.0 Å². The van der Waals surface area contributed by atoms with E-state index < -0.39 is 0 Å². The minimum Gasteiger partial charge on any atom is -0.483 e. The molecule has 1 heterocycles. The van der Waals surface area contributed by atoms with E-state index in [-0.39, 0.29) is 12.5 Å². The van der Waals surface area contributed by atoms with E-state index in [0.717, 1.165) is 36.0 Å². The summed E-state index contributed by atoms with van der Waals surface area (Å²) in [6.07, 6.45) is 4.19. The standard InChI is InChI=1S/C16H20N2O3/c1-20-10-9-18-8-7-13-14(18)3-2-4-15(13)21-11-16(19)17-12-5-6-12/h2-4,7-8,12H,5-6,9-11H2,1H3,(H,17,19). The molecule has 0 radical (unpaired) electrons. The Morgan fingerprint density at radius 1 is 1.38 bits per heavy atom. The van der Waals surface area contributed by atoms with Gasteiger partial charge in [0.25, 0.3) is 5.91 Å². The van der Waals surface area contributed by atoms with E-state index in [9.17, 15) is 4.79 Å². The number of ether oxygens (including phenoxy) is 2. The van der Waals surface area contributed by atoms with Crippen LogP contribution in [0.3, 0.4) is 0 Å². The molecule has 1 aromatic heterocycles. The number of nitrogens with zero attached hydrogens (tertiary/aromatic N) is 1. The number of rotatable bonds is 7. The SMILES string of the molecule is COCCn1ccc2c(OCC(=O)NC3CC3)cccc21. The molecule has 0 unspecified atom stereocenters. The molecule has 0 saturated heterocycles. The number of nitrogens with one attached hydrogen (secondary N) is 1. The summed E-state index contributed by atoms with van der Waals surface area (Å²) in [5.41, 5.74) is 1.09. The van der Waals surface area contributed by atoms with Gasteiger partial charge in [0.15, 0.2) is 6.61 Å². The average Bonchev–Trinajstić information content (AvgIpc) is 3.20. The van der Waals surface area contributed by atoms with Gasteiger partial charge in [-0.15, -0.1) is 0 Å². The topological polar surface area (TPSA) is 52.5 Å². The maximum Gasteiger partial charge on any atom is 0.258 e. The van der Waals surface area contributed by atoms with Gasteiger partial charge in [-0.1, -0.05) is 6.07 Å². The molecule has 0 spiro atoms. The fraction of sp³-hybridized carbons (Fsp3) is 0.438. The van der Waals surface area contributed by atoms with Gasteiger partial charge in [-0.25, -0.2) is 0 Å². The molecule has 5 heteroatoms. The quantitative estimate of drug-likeness (QED) is 0.847. The zero-order chi connectivity index (χ0) is 14.7. The molecule has 112 valence electrons. The molecule has 2 aromatic rings. The molecular weight excluding hydrogens is 268 g/mol. The first kappa shape index (κ1) is 13.9. The fourth-order valence-corrected chi connectivity index (χ4v) is 2.35. The van der Waals surface area contributed by atoms with Crippen molar-refractivity contribution in [2.24, 2.45) is 0 Å². The van der Waals surface area contributed by atoms with E-state index in [4.69, 9.17) is 9.47 Å². The van der Waals surface area contributed by atoms with Crippen molar-refractivity contribution in [2.45, 2.75) is 25.4 Å². The van der Waals surface area contributed by atoms with Crippen molar-refractivity contribution in [3.05, 3.63) is 30.5 Å². The van der Waals surface area contributed by atoms with Crippen LogP contribution in [0.5, 0.6) is 5.75 Å². The normalized spacial score (nSPS) is 14.3. The Hall–Kier alpha value is -2.01. The third-order valence-corrected chi connectivity index (χ3v) is 3.61. The molecule has 21 heavy (non-hydrogen) atoms. The van der Waals surface area contributed by atoms with Gasteiger partial charge in [0.05, 0.1) is 12.1 Å². The molecule has 1 aromatic carbocycles. The maximum atomic E-state index is 11.7. The van der Waals surface area contributed by atoms with Crippen LogP contribution in [0.1, 0.15) is 12.8 Å². The van der Waals surface area contributed by atoms with Gasteiger partial charge in [0, 0.05) is 31.3 Å². The summed E-state index contributed by atoms with van der Waals surface area (Å²) in [7, 11) is 1.69. The lowest BCUT2D eigenvalue weighted by Crippen LogP contribution is -2.30. The van der Waals surface area contributed by atoms with E-state index in [2.05, 4.69) is 9.88 Å². The molecule has 1 fully saturated rings. The lowest BCUT2D eigenvalue weighted by Gasteiger charge is -2.09.